The fourth-order valence-electron chi connectivity index (χ4n) is 2.24. The normalized spacial score (nSPS) is 16.6. The zero-order valence-corrected chi connectivity index (χ0v) is 12.1. The molecule has 1 amide bonds. The number of rotatable bonds is 5. The molecule has 1 aliphatic heterocycles. The lowest BCUT2D eigenvalue weighted by Crippen LogP contribution is -2.42. The lowest BCUT2D eigenvalue weighted by Gasteiger charge is -2.30. The Kier molecular flexibility index (Phi) is 5.73. The van der Waals surface area contributed by atoms with Gasteiger partial charge in [-0.3, -0.25) is 4.79 Å². The Balaban J connectivity index is 1.61. The van der Waals surface area contributed by atoms with Crippen molar-refractivity contribution in [3.05, 3.63) is 30.3 Å². The maximum Gasteiger partial charge on any atom is 0.222 e. The number of likely N-dealkylation sites (tertiary alicyclic amines) is 1. The lowest BCUT2D eigenvalue weighted by molar-refractivity contribution is -0.132. The summed E-state index contributed by atoms with van der Waals surface area (Å²) in [5.41, 5.74) is 5.84. The average molecular weight is 278 g/mol. The molecule has 1 heterocycles. The van der Waals surface area contributed by atoms with Crippen LogP contribution in [0.1, 0.15) is 25.7 Å². The Morgan fingerprint density at radius 2 is 1.95 bits per heavy atom. The van der Waals surface area contributed by atoms with Crippen LogP contribution in [0.15, 0.2) is 35.2 Å². The third kappa shape index (κ3) is 4.88. The third-order valence-corrected chi connectivity index (χ3v) is 4.54. The van der Waals surface area contributed by atoms with Crippen molar-refractivity contribution in [2.24, 2.45) is 5.73 Å². The smallest absolute Gasteiger partial charge is 0.222 e. The second-order valence-electron chi connectivity index (χ2n) is 4.98. The van der Waals surface area contributed by atoms with Gasteiger partial charge in [0.25, 0.3) is 0 Å². The number of thioether (sulfide) groups is 1. The first-order valence-corrected chi connectivity index (χ1v) is 7.95. The van der Waals surface area contributed by atoms with Crippen LogP contribution >= 0.6 is 11.8 Å². The van der Waals surface area contributed by atoms with Gasteiger partial charge in [0.05, 0.1) is 0 Å². The maximum atomic E-state index is 12.0. The van der Waals surface area contributed by atoms with Gasteiger partial charge in [-0.2, -0.15) is 0 Å². The number of nitrogens with two attached hydrogens (primary N) is 1. The van der Waals surface area contributed by atoms with Crippen LogP contribution in [0.2, 0.25) is 0 Å². The Labute approximate surface area is 119 Å². The van der Waals surface area contributed by atoms with Gasteiger partial charge in [0.2, 0.25) is 5.91 Å². The molecule has 2 rings (SSSR count). The predicted octanol–water partition coefficient (Wildman–Crippen LogP) is 2.51. The van der Waals surface area contributed by atoms with E-state index in [1.807, 2.05) is 34.9 Å². The first-order valence-electron chi connectivity index (χ1n) is 6.97. The van der Waals surface area contributed by atoms with Gasteiger partial charge in [-0.25, -0.2) is 0 Å². The first-order chi connectivity index (χ1) is 9.25. The van der Waals surface area contributed by atoms with Crippen molar-refractivity contribution in [1.82, 2.24) is 4.90 Å². The van der Waals surface area contributed by atoms with E-state index in [2.05, 4.69) is 12.1 Å². The van der Waals surface area contributed by atoms with Crippen molar-refractivity contribution < 1.29 is 4.79 Å². The third-order valence-electron chi connectivity index (χ3n) is 3.44. The molecule has 1 aromatic carbocycles. The number of carbonyl (C=O) groups excluding carboxylic acids is 1. The van der Waals surface area contributed by atoms with Crippen molar-refractivity contribution in [1.29, 1.82) is 0 Å². The quantitative estimate of drug-likeness (QED) is 0.665. The molecule has 104 valence electrons. The molecule has 0 saturated carbocycles. The van der Waals surface area contributed by atoms with E-state index in [4.69, 9.17) is 5.73 Å². The Morgan fingerprint density at radius 1 is 1.26 bits per heavy atom. The van der Waals surface area contributed by atoms with Gasteiger partial charge in [0.15, 0.2) is 0 Å². The van der Waals surface area contributed by atoms with Gasteiger partial charge in [0, 0.05) is 30.4 Å². The largest absolute Gasteiger partial charge is 0.343 e. The minimum Gasteiger partial charge on any atom is -0.343 e. The summed E-state index contributed by atoms with van der Waals surface area (Å²) in [6.07, 6.45) is 3.50. The van der Waals surface area contributed by atoms with Crippen LogP contribution in [0.25, 0.3) is 0 Å². The van der Waals surface area contributed by atoms with E-state index in [0.29, 0.717) is 12.3 Å². The molecule has 0 radical (unpaired) electrons. The topological polar surface area (TPSA) is 46.3 Å². The predicted molar refractivity (Wildman–Crippen MR) is 80.2 cm³/mol. The number of carbonyl (C=O) groups is 1. The molecular formula is C15H22N2OS. The van der Waals surface area contributed by atoms with Crippen LogP contribution in [-0.4, -0.2) is 35.7 Å². The van der Waals surface area contributed by atoms with E-state index in [1.165, 1.54) is 4.90 Å². The number of piperidine rings is 1. The van der Waals surface area contributed by atoms with Crippen LogP contribution in [0.3, 0.4) is 0 Å². The Bertz CT molecular complexity index is 388. The van der Waals surface area contributed by atoms with Crippen molar-refractivity contribution in [2.75, 3.05) is 18.8 Å². The van der Waals surface area contributed by atoms with Crippen molar-refractivity contribution in [3.8, 4) is 0 Å². The average Bonchev–Trinajstić information content (AvgIpc) is 2.45. The number of amides is 1. The zero-order chi connectivity index (χ0) is 13.5. The molecule has 1 aliphatic rings. The van der Waals surface area contributed by atoms with Crippen LogP contribution in [0.4, 0.5) is 0 Å². The number of nitrogens with zero attached hydrogens (tertiary/aromatic N) is 1. The Hall–Kier alpha value is -1.00. The second kappa shape index (κ2) is 7.56. The standard InChI is InChI=1S/C15H22N2OS/c16-13-8-10-17(11-9-13)15(18)7-4-12-19-14-5-2-1-3-6-14/h1-3,5-6,13H,4,7-12,16H2. The summed E-state index contributed by atoms with van der Waals surface area (Å²) in [5.74, 6) is 1.30. The van der Waals surface area contributed by atoms with Crippen molar-refractivity contribution in [3.63, 3.8) is 0 Å². The van der Waals surface area contributed by atoms with Crippen LogP contribution in [0, 0.1) is 0 Å². The molecule has 2 N–H and O–H groups in total. The molecule has 0 atom stereocenters. The molecule has 3 nitrogen and oxygen atoms in total. The highest BCUT2D eigenvalue weighted by molar-refractivity contribution is 7.99. The summed E-state index contributed by atoms with van der Waals surface area (Å²) in [6.45, 7) is 1.68. The van der Waals surface area contributed by atoms with Crippen LogP contribution < -0.4 is 5.73 Å². The maximum absolute atomic E-state index is 12.0. The monoisotopic (exact) mass is 278 g/mol. The summed E-state index contributed by atoms with van der Waals surface area (Å²) < 4.78 is 0. The van der Waals surface area contributed by atoms with E-state index in [-0.39, 0.29) is 6.04 Å². The van der Waals surface area contributed by atoms with Gasteiger partial charge >= 0.3 is 0 Å². The molecule has 0 aliphatic carbocycles. The first kappa shape index (κ1) is 14.4. The molecule has 1 fully saturated rings. The highest BCUT2D eigenvalue weighted by atomic mass is 32.2. The summed E-state index contributed by atoms with van der Waals surface area (Å²) in [4.78, 5) is 15.2. The van der Waals surface area contributed by atoms with Crippen LogP contribution in [0.5, 0.6) is 0 Å². The van der Waals surface area contributed by atoms with Gasteiger partial charge in [0.1, 0.15) is 0 Å². The molecule has 0 spiro atoms. The van der Waals surface area contributed by atoms with E-state index in [1.54, 1.807) is 0 Å². The number of hydrogen-bond acceptors (Lipinski definition) is 3. The molecule has 1 aromatic rings. The number of hydrogen-bond donors (Lipinski definition) is 1. The highest BCUT2D eigenvalue weighted by Crippen LogP contribution is 2.19. The Morgan fingerprint density at radius 3 is 2.63 bits per heavy atom. The summed E-state index contributed by atoms with van der Waals surface area (Å²) >= 11 is 1.82. The summed E-state index contributed by atoms with van der Waals surface area (Å²) in [6, 6.07) is 10.6. The van der Waals surface area contributed by atoms with Crippen LogP contribution in [-0.2, 0) is 4.79 Å². The molecular weight excluding hydrogens is 256 g/mol. The number of benzene rings is 1. The molecule has 19 heavy (non-hydrogen) atoms. The summed E-state index contributed by atoms with van der Waals surface area (Å²) in [7, 11) is 0. The minimum absolute atomic E-state index is 0.290. The van der Waals surface area contributed by atoms with Gasteiger partial charge in [-0.1, -0.05) is 18.2 Å². The molecule has 1 saturated heterocycles. The van der Waals surface area contributed by atoms with E-state index < -0.39 is 0 Å². The van der Waals surface area contributed by atoms with E-state index >= 15 is 0 Å². The second-order valence-corrected chi connectivity index (χ2v) is 6.15. The fourth-order valence-corrected chi connectivity index (χ4v) is 3.11. The van der Waals surface area contributed by atoms with E-state index in [0.717, 1.165) is 38.1 Å². The zero-order valence-electron chi connectivity index (χ0n) is 11.3. The summed E-state index contributed by atoms with van der Waals surface area (Å²) in [5, 5.41) is 0. The van der Waals surface area contributed by atoms with Crippen molar-refractivity contribution >= 4 is 17.7 Å². The van der Waals surface area contributed by atoms with E-state index in [9.17, 15) is 4.79 Å². The van der Waals surface area contributed by atoms with Gasteiger partial charge < -0.3 is 10.6 Å². The van der Waals surface area contributed by atoms with Gasteiger partial charge in [-0.15, -0.1) is 11.8 Å². The SMILES string of the molecule is NC1CCN(C(=O)CCCSc2ccccc2)CC1. The molecule has 0 unspecified atom stereocenters. The van der Waals surface area contributed by atoms with Gasteiger partial charge in [-0.05, 0) is 37.1 Å². The molecule has 0 aromatic heterocycles. The van der Waals surface area contributed by atoms with Crippen molar-refractivity contribution in [2.45, 2.75) is 36.6 Å². The minimum atomic E-state index is 0.290. The molecule has 4 heteroatoms. The fraction of sp³-hybridized carbons (Fsp3) is 0.533. The molecule has 0 bridgehead atoms. The lowest BCUT2D eigenvalue weighted by atomic mass is 10.1. The highest BCUT2D eigenvalue weighted by Gasteiger charge is 2.19.